The molecule has 1 saturated heterocycles. The van der Waals surface area contributed by atoms with Gasteiger partial charge in [0.15, 0.2) is 9.84 Å². The lowest BCUT2D eigenvalue weighted by Gasteiger charge is -2.34. The molecule has 1 aliphatic rings. The lowest BCUT2D eigenvalue weighted by Crippen LogP contribution is -2.48. The van der Waals surface area contributed by atoms with Crippen molar-refractivity contribution in [1.29, 1.82) is 0 Å². The van der Waals surface area contributed by atoms with Crippen LogP contribution in [0.3, 0.4) is 0 Å². The fourth-order valence-electron chi connectivity index (χ4n) is 3.71. The summed E-state index contributed by atoms with van der Waals surface area (Å²) in [6.07, 6.45) is 0. The van der Waals surface area contributed by atoms with Gasteiger partial charge in [-0.15, -0.1) is 0 Å². The molecule has 0 saturated carbocycles. The minimum absolute atomic E-state index is 0.0743. The van der Waals surface area contributed by atoms with Gasteiger partial charge in [0, 0.05) is 18.7 Å². The van der Waals surface area contributed by atoms with Gasteiger partial charge in [-0.05, 0) is 25.5 Å². The molecular weight excluding hydrogens is 388 g/mol. The number of aryl methyl sites for hydroxylation is 1. The van der Waals surface area contributed by atoms with E-state index in [2.05, 4.69) is 5.32 Å². The molecule has 6 nitrogen and oxygen atoms in total. The van der Waals surface area contributed by atoms with E-state index in [1.54, 1.807) is 7.11 Å². The highest BCUT2D eigenvalue weighted by molar-refractivity contribution is 7.91. The number of ether oxygens (including phenoxy) is 1. The number of amides is 1. The van der Waals surface area contributed by atoms with Crippen LogP contribution in [0.5, 0.6) is 5.75 Å². The minimum atomic E-state index is -3.03. The summed E-state index contributed by atoms with van der Waals surface area (Å²) in [4.78, 5) is 15.3. The molecule has 1 amide bonds. The van der Waals surface area contributed by atoms with Gasteiger partial charge < -0.3 is 10.1 Å². The second-order valence-electron chi connectivity index (χ2n) is 7.48. The maximum absolute atomic E-state index is 13.3. The predicted octanol–water partition coefficient (Wildman–Crippen LogP) is 2.65. The average molecular weight is 417 g/mol. The molecule has 2 atom stereocenters. The predicted molar refractivity (Wildman–Crippen MR) is 114 cm³/mol. The van der Waals surface area contributed by atoms with Crippen LogP contribution in [0.2, 0.25) is 0 Å². The maximum atomic E-state index is 13.3. The quantitative estimate of drug-likeness (QED) is 0.784. The Morgan fingerprint density at radius 2 is 1.76 bits per heavy atom. The molecule has 3 rings (SSSR count). The molecule has 1 heterocycles. The Morgan fingerprint density at radius 1 is 1.10 bits per heavy atom. The van der Waals surface area contributed by atoms with Crippen molar-refractivity contribution in [2.45, 2.75) is 25.9 Å². The van der Waals surface area contributed by atoms with Gasteiger partial charge in [-0.2, -0.15) is 0 Å². The van der Waals surface area contributed by atoms with Crippen LogP contribution in [0, 0.1) is 6.92 Å². The first-order valence-corrected chi connectivity index (χ1v) is 11.6. The summed E-state index contributed by atoms with van der Waals surface area (Å²) >= 11 is 0. The van der Waals surface area contributed by atoms with Crippen molar-refractivity contribution in [1.82, 2.24) is 10.2 Å². The van der Waals surface area contributed by atoms with E-state index in [1.807, 2.05) is 67.3 Å². The van der Waals surface area contributed by atoms with E-state index in [0.29, 0.717) is 13.1 Å². The van der Waals surface area contributed by atoms with E-state index >= 15 is 0 Å². The highest BCUT2D eigenvalue weighted by Gasteiger charge is 2.33. The Labute approximate surface area is 172 Å². The molecule has 7 heteroatoms. The van der Waals surface area contributed by atoms with E-state index in [1.165, 1.54) is 0 Å². The SMILES string of the molecule is COc1ccc(C)cc1C(C)NC(=O)C(c1ccccc1)N1CCS(=O)(=O)CC1. The van der Waals surface area contributed by atoms with Gasteiger partial charge in [0.25, 0.3) is 0 Å². The largest absolute Gasteiger partial charge is 0.496 e. The molecular formula is C22H28N2O4S. The van der Waals surface area contributed by atoms with E-state index in [-0.39, 0.29) is 23.5 Å². The van der Waals surface area contributed by atoms with E-state index < -0.39 is 15.9 Å². The summed E-state index contributed by atoms with van der Waals surface area (Å²) in [6.45, 7) is 4.62. The fourth-order valence-corrected chi connectivity index (χ4v) is 4.94. The van der Waals surface area contributed by atoms with Gasteiger partial charge >= 0.3 is 0 Å². The molecule has 2 unspecified atom stereocenters. The standard InChI is InChI=1S/C22H28N2O4S/c1-16-9-10-20(28-3)19(15-16)17(2)23-22(25)21(18-7-5-4-6-8-18)24-11-13-29(26,27)14-12-24/h4-10,15,17,21H,11-14H2,1-3H3,(H,23,25). The molecule has 0 aromatic heterocycles. The van der Waals surface area contributed by atoms with Gasteiger partial charge in [0.05, 0.1) is 24.7 Å². The summed E-state index contributed by atoms with van der Waals surface area (Å²) in [5.74, 6) is 0.728. The number of nitrogens with one attached hydrogen (secondary N) is 1. The first-order valence-electron chi connectivity index (χ1n) is 9.75. The number of methoxy groups -OCH3 is 1. The maximum Gasteiger partial charge on any atom is 0.242 e. The number of sulfone groups is 1. The zero-order valence-corrected chi connectivity index (χ0v) is 17.9. The van der Waals surface area contributed by atoms with Crippen LogP contribution in [-0.2, 0) is 14.6 Å². The van der Waals surface area contributed by atoms with Gasteiger partial charge in [-0.1, -0.05) is 48.0 Å². The van der Waals surface area contributed by atoms with Crippen molar-refractivity contribution >= 4 is 15.7 Å². The van der Waals surface area contributed by atoms with Crippen LogP contribution in [0.1, 0.15) is 35.7 Å². The number of hydrogen-bond acceptors (Lipinski definition) is 5. The summed E-state index contributed by atoms with van der Waals surface area (Å²) in [7, 11) is -1.41. The topological polar surface area (TPSA) is 75.7 Å². The second kappa shape index (κ2) is 8.97. The van der Waals surface area contributed by atoms with Crippen LogP contribution >= 0.6 is 0 Å². The summed E-state index contributed by atoms with van der Waals surface area (Å²) < 4.78 is 29.2. The first-order chi connectivity index (χ1) is 13.8. The Balaban J connectivity index is 1.85. The van der Waals surface area contributed by atoms with Crippen LogP contribution in [-0.4, -0.2) is 50.9 Å². The van der Waals surface area contributed by atoms with Crippen molar-refractivity contribution < 1.29 is 17.9 Å². The van der Waals surface area contributed by atoms with Crippen molar-refractivity contribution in [3.05, 3.63) is 65.2 Å². The molecule has 0 bridgehead atoms. The van der Waals surface area contributed by atoms with Crippen LogP contribution in [0.15, 0.2) is 48.5 Å². The minimum Gasteiger partial charge on any atom is -0.496 e. The van der Waals surface area contributed by atoms with E-state index in [9.17, 15) is 13.2 Å². The number of rotatable bonds is 6. The summed E-state index contributed by atoms with van der Waals surface area (Å²) in [5.41, 5.74) is 2.85. The third-order valence-electron chi connectivity index (χ3n) is 5.32. The van der Waals surface area contributed by atoms with Crippen molar-refractivity contribution in [3.63, 3.8) is 0 Å². The van der Waals surface area contributed by atoms with E-state index in [4.69, 9.17) is 4.74 Å². The molecule has 2 aromatic rings. The molecule has 1 fully saturated rings. The average Bonchev–Trinajstić information content (AvgIpc) is 2.70. The molecule has 156 valence electrons. The fraction of sp³-hybridized carbons (Fsp3) is 0.409. The lowest BCUT2D eigenvalue weighted by molar-refractivity contribution is -0.127. The highest BCUT2D eigenvalue weighted by Crippen LogP contribution is 2.28. The third-order valence-corrected chi connectivity index (χ3v) is 6.93. The first kappa shape index (κ1) is 21.3. The van der Waals surface area contributed by atoms with Crippen molar-refractivity contribution in [3.8, 4) is 5.75 Å². The summed E-state index contributed by atoms with van der Waals surface area (Å²) in [5, 5.41) is 3.10. The zero-order valence-electron chi connectivity index (χ0n) is 17.1. The molecule has 0 aliphatic carbocycles. The van der Waals surface area contributed by atoms with Crippen molar-refractivity contribution in [2.75, 3.05) is 31.7 Å². The Kier molecular flexibility index (Phi) is 6.59. The van der Waals surface area contributed by atoms with Gasteiger partial charge in [0.2, 0.25) is 5.91 Å². The van der Waals surface area contributed by atoms with E-state index in [0.717, 1.165) is 22.4 Å². The second-order valence-corrected chi connectivity index (χ2v) is 9.78. The van der Waals surface area contributed by atoms with Crippen LogP contribution < -0.4 is 10.1 Å². The third kappa shape index (κ3) is 5.16. The Morgan fingerprint density at radius 3 is 2.38 bits per heavy atom. The molecule has 2 aromatic carbocycles. The zero-order chi connectivity index (χ0) is 21.0. The van der Waals surface area contributed by atoms with Gasteiger partial charge in [0.1, 0.15) is 11.8 Å². The normalized spacial score (nSPS) is 18.6. The lowest BCUT2D eigenvalue weighted by atomic mass is 10.0. The highest BCUT2D eigenvalue weighted by atomic mass is 32.2. The molecule has 1 aliphatic heterocycles. The Bertz CT molecular complexity index is 946. The monoisotopic (exact) mass is 416 g/mol. The number of carbonyl (C=O) groups excluding carboxylic acids is 1. The number of nitrogens with zero attached hydrogens (tertiary/aromatic N) is 1. The molecule has 0 radical (unpaired) electrons. The number of benzene rings is 2. The number of carbonyl (C=O) groups is 1. The van der Waals surface area contributed by atoms with Crippen LogP contribution in [0.25, 0.3) is 0 Å². The summed E-state index contributed by atoms with van der Waals surface area (Å²) in [6, 6.07) is 14.6. The molecule has 1 N–H and O–H groups in total. The van der Waals surface area contributed by atoms with Crippen LogP contribution in [0.4, 0.5) is 0 Å². The Hall–Kier alpha value is -2.38. The van der Waals surface area contributed by atoms with Crippen molar-refractivity contribution in [2.24, 2.45) is 0 Å². The smallest absolute Gasteiger partial charge is 0.242 e. The van der Waals surface area contributed by atoms with Gasteiger partial charge in [-0.25, -0.2) is 8.42 Å². The molecule has 0 spiro atoms. The van der Waals surface area contributed by atoms with Gasteiger partial charge in [-0.3, -0.25) is 9.69 Å². The molecule has 29 heavy (non-hydrogen) atoms. The number of hydrogen-bond donors (Lipinski definition) is 1.